The molecule has 0 spiro atoms. The van der Waals surface area contributed by atoms with E-state index in [0.717, 1.165) is 19.3 Å². The van der Waals surface area contributed by atoms with Gasteiger partial charge in [0.05, 0.1) is 0 Å². The van der Waals surface area contributed by atoms with Crippen LogP contribution in [0.15, 0.2) is 0 Å². The molecule has 1 aliphatic carbocycles. The van der Waals surface area contributed by atoms with Crippen molar-refractivity contribution >= 4 is 16.5 Å². The Morgan fingerprint density at radius 3 is 2.50 bits per heavy atom. The van der Waals surface area contributed by atoms with Gasteiger partial charge in [-0.2, -0.15) is 13.2 Å². The van der Waals surface area contributed by atoms with Crippen molar-refractivity contribution in [3.05, 3.63) is 5.01 Å². The Balaban J connectivity index is 2.11. The Morgan fingerprint density at radius 2 is 2.06 bits per heavy atom. The van der Waals surface area contributed by atoms with Gasteiger partial charge >= 0.3 is 6.18 Å². The number of anilines is 1. The van der Waals surface area contributed by atoms with Gasteiger partial charge in [-0.15, -0.1) is 10.2 Å². The lowest BCUT2D eigenvalue weighted by Crippen LogP contribution is -2.41. The average molecular weight is 281 g/mol. The first-order valence-corrected chi connectivity index (χ1v) is 6.62. The number of halogens is 3. The molecular weight excluding hydrogens is 267 g/mol. The molecule has 1 saturated carbocycles. The molecule has 0 unspecified atom stereocenters. The molecule has 1 heterocycles. The summed E-state index contributed by atoms with van der Waals surface area (Å²) >= 11 is 0.573. The summed E-state index contributed by atoms with van der Waals surface area (Å²) in [7, 11) is 0. The van der Waals surface area contributed by atoms with Crippen LogP contribution in [0.25, 0.3) is 0 Å². The van der Waals surface area contributed by atoms with Crippen LogP contribution in [0.2, 0.25) is 0 Å². The predicted molar refractivity (Wildman–Crippen MR) is 61.6 cm³/mol. The van der Waals surface area contributed by atoms with E-state index in [0.29, 0.717) is 29.4 Å². The molecule has 18 heavy (non-hydrogen) atoms. The van der Waals surface area contributed by atoms with Crippen LogP contribution in [0.3, 0.4) is 0 Å². The summed E-state index contributed by atoms with van der Waals surface area (Å²) in [5.74, 6) is 0. The topological polar surface area (TPSA) is 49.2 Å². The van der Waals surface area contributed by atoms with E-state index < -0.39 is 11.2 Å². The standard InChI is InChI=1S/C10H14F3N3OS/c11-10(12,13)8-14-15-9(18-8)16(5-2-6-17)7-3-1-4-7/h7,17H,1-6H2. The molecule has 0 atom stereocenters. The summed E-state index contributed by atoms with van der Waals surface area (Å²) in [6.07, 6.45) is -0.889. The van der Waals surface area contributed by atoms with Crippen LogP contribution in [0, 0.1) is 0 Å². The van der Waals surface area contributed by atoms with Crippen molar-refractivity contribution in [1.29, 1.82) is 0 Å². The zero-order valence-corrected chi connectivity index (χ0v) is 10.5. The van der Waals surface area contributed by atoms with Gasteiger partial charge in [-0.1, -0.05) is 11.3 Å². The Hall–Kier alpha value is -0.890. The second-order valence-electron chi connectivity index (χ2n) is 4.24. The number of aromatic nitrogens is 2. The fourth-order valence-electron chi connectivity index (χ4n) is 1.82. The second-order valence-corrected chi connectivity index (χ2v) is 5.20. The third-order valence-electron chi connectivity index (χ3n) is 2.98. The number of aliphatic hydroxyl groups is 1. The summed E-state index contributed by atoms with van der Waals surface area (Å²) in [6.45, 7) is 0.543. The van der Waals surface area contributed by atoms with Crippen molar-refractivity contribution in [3.8, 4) is 0 Å². The highest BCUT2D eigenvalue weighted by molar-refractivity contribution is 7.15. The molecule has 0 aromatic carbocycles. The molecule has 0 aliphatic heterocycles. The summed E-state index contributed by atoms with van der Waals surface area (Å²) in [6, 6.07) is 0.241. The summed E-state index contributed by atoms with van der Waals surface area (Å²) in [5.41, 5.74) is 0. The number of hydrogen-bond donors (Lipinski definition) is 1. The molecule has 1 N–H and O–H groups in total. The van der Waals surface area contributed by atoms with Gasteiger partial charge < -0.3 is 10.0 Å². The third-order valence-corrected chi connectivity index (χ3v) is 3.98. The van der Waals surface area contributed by atoms with Crippen molar-refractivity contribution in [3.63, 3.8) is 0 Å². The van der Waals surface area contributed by atoms with Crippen LogP contribution in [0.1, 0.15) is 30.7 Å². The molecule has 1 fully saturated rings. The van der Waals surface area contributed by atoms with E-state index >= 15 is 0 Å². The van der Waals surface area contributed by atoms with Crippen LogP contribution >= 0.6 is 11.3 Å². The lowest BCUT2D eigenvalue weighted by atomic mass is 9.92. The number of alkyl halides is 3. The quantitative estimate of drug-likeness (QED) is 0.899. The van der Waals surface area contributed by atoms with Gasteiger partial charge in [-0.05, 0) is 25.7 Å². The van der Waals surface area contributed by atoms with Crippen molar-refractivity contribution in [1.82, 2.24) is 10.2 Å². The Bertz CT molecular complexity index is 392. The molecule has 102 valence electrons. The molecule has 0 radical (unpaired) electrons. The maximum atomic E-state index is 12.5. The minimum absolute atomic E-state index is 0.0220. The average Bonchev–Trinajstić information content (AvgIpc) is 2.69. The van der Waals surface area contributed by atoms with Gasteiger partial charge in [0.2, 0.25) is 10.1 Å². The van der Waals surface area contributed by atoms with E-state index in [1.54, 1.807) is 0 Å². The predicted octanol–water partition coefficient (Wildman–Crippen LogP) is 2.30. The molecule has 0 saturated heterocycles. The monoisotopic (exact) mass is 281 g/mol. The van der Waals surface area contributed by atoms with E-state index in [2.05, 4.69) is 10.2 Å². The molecule has 1 aromatic heterocycles. The van der Waals surface area contributed by atoms with E-state index in [4.69, 9.17) is 5.11 Å². The number of rotatable bonds is 5. The smallest absolute Gasteiger partial charge is 0.396 e. The van der Waals surface area contributed by atoms with Crippen molar-refractivity contribution in [2.24, 2.45) is 0 Å². The van der Waals surface area contributed by atoms with Crippen molar-refractivity contribution < 1.29 is 18.3 Å². The van der Waals surface area contributed by atoms with E-state index in [-0.39, 0.29) is 12.6 Å². The van der Waals surface area contributed by atoms with Gasteiger partial charge in [0, 0.05) is 19.2 Å². The van der Waals surface area contributed by atoms with Gasteiger partial charge in [-0.25, -0.2) is 0 Å². The summed E-state index contributed by atoms with van der Waals surface area (Å²) < 4.78 is 37.4. The molecule has 0 bridgehead atoms. The lowest BCUT2D eigenvalue weighted by Gasteiger charge is -2.37. The van der Waals surface area contributed by atoms with Crippen LogP contribution < -0.4 is 4.90 Å². The second kappa shape index (κ2) is 5.40. The van der Waals surface area contributed by atoms with E-state index in [1.165, 1.54) is 0 Å². The van der Waals surface area contributed by atoms with Crippen LogP contribution in [-0.2, 0) is 6.18 Å². The first kappa shape index (κ1) is 13.5. The summed E-state index contributed by atoms with van der Waals surface area (Å²) in [4.78, 5) is 1.84. The van der Waals surface area contributed by atoms with Crippen LogP contribution in [0.5, 0.6) is 0 Å². The molecule has 8 heteroatoms. The molecule has 2 rings (SSSR count). The zero-order chi connectivity index (χ0) is 13.2. The normalized spacial score (nSPS) is 16.7. The van der Waals surface area contributed by atoms with Gasteiger partial charge in [0.25, 0.3) is 0 Å². The van der Waals surface area contributed by atoms with E-state index in [1.807, 2.05) is 4.90 Å². The minimum atomic E-state index is -4.43. The fourth-order valence-corrected chi connectivity index (χ4v) is 2.63. The summed E-state index contributed by atoms with van der Waals surface area (Å²) in [5, 5.41) is 15.1. The van der Waals surface area contributed by atoms with Crippen LogP contribution in [-0.4, -0.2) is 34.5 Å². The van der Waals surface area contributed by atoms with Gasteiger partial charge in [-0.3, -0.25) is 0 Å². The zero-order valence-electron chi connectivity index (χ0n) is 9.65. The van der Waals surface area contributed by atoms with E-state index in [9.17, 15) is 13.2 Å². The maximum Gasteiger partial charge on any atom is 0.445 e. The fraction of sp³-hybridized carbons (Fsp3) is 0.800. The number of nitrogens with zero attached hydrogens (tertiary/aromatic N) is 3. The lowest BCUT2D eigenvalue weighted by molar-refractivity contribution is -0.138. The first-order chi connectivity index (χ1) is 8.52. The van der Waals surface area contributed by atoms with Crippen molar-refractivity contribution in [2.75, 3.05) is 18.1 Å². The Morgan fingerprint density at radius 1 is 1.33 bits per heavy atom. The Labute approximate surface area is 106 Å². The number of aliphatic hydroxyl groups excluding tert-OH is 1. The number of hydrogen-bond acceptors (Lipinski definition) is 5. The third kappa shape index (κ3) is 2.92. The molecular formula is C10H14F3N3OS. The minimum Gasteiger partial charge on any atom is -0.396 e. The van der Waals surface area contributed by atoms with Gasteiger partial charge in [0.15, 0.2) is 0 Å². The highest BCUT2D eigenvalue weighted by Crippen LogP contribution is 2.37. The van der Waals surface area contributed by atoms with Crippen LogP contribution in [0.4, 0.5) is 18.3 Å². The molecule has 1 aromatic rings. The maximum absolute atomic E-state index is 12.5. The largest absolute Gasteiger partial charge is 0.445 e. The van der Waals surface area contributed by atoms with Crippen molar-refractivity contribution in [2.45, 2.75) is 37.9 Å². The molecule has 1 aliphatic rings. The van der Waals surface area contributed by atoms with Gasteiger partial charge in [0.1, 0.15) is 0 Å². The molecule has 4 nitrogen and oxygen atoms in total. The highest BCUT2D eigenvalue weighted by atomic mass is 32.1. The molecule has 0 amide bonds. The Kier molecular flexibility index (Phi) is 4.06. The first-order valence-electron chi connectivity index (χ1n) is 5.80. The SMILES string of the molecule is OCCCN(c1nnc(C(F)(F)F)s1)C1CCC1. The highest BCUT2D eigenvalue weighted by Gasteiger charge is 2.37.